The molecule has 0 bridgehead atoms. The molecule has 0 saturated heterocycles. The number of hydrogen-bond acceptors (Lipinski definition) is 3. The van der Waals surface area contributed by atoms with Crippen LogP contribution in [0.1, 0.15) is 17.0 Å². The predicted octanol–water partition coefficient (Wildman–Crippen LogP) is 4.05. The molecule has 3 rings (SSSR count). The summed E-state index contributed by atoms with van der Waals surface area (Å²) >= 11 is 6.41. The van der Waals surface area contributed by atoms with E-state index in [1.54, 1.807) is 0 Å². The van der Waals surface area contributed by atoms with E-state index in [2.05, 4.69) is 5.10 Å². The van der Waals surface area contributed by atoms with Gasteiger partial charge in [0.1, 0.15) is 18.5 Å². The van der Waals surface area contributed by atoms with Gasteiger partial charge in [0, 0.05) is 11.1 Å². The highest BCUT2D eigenvalue weighted by Gasteiger charge is 2.14. The Hall–Kier alpha value is -2.04. The first-order valence-electron chi connectivity index (χ1n) is 7.96. The van der Waals surface area contributed by atoms with E-state index in [1.165, 1.54) is 0 Å². The van der Waals surface area contributed by atoms with Gasteiger partial charge in [0.15, 0.2) is 0 Å². The first-order chi connectivity index (χ1) is 11.5. The van der Waals surface area contributed by atoms with E-state index in [0.717, 1.165) is 27.7 Å². The van der Waals surface area contributed by atoms with Crippen molar-refractivity contribution in [2.45, 2.75) is 33.4 Å². The van der Waals surface area contributed by atoms with E-state index >= 15 is 0 Å². The highest BCUT2D eigenvalue weighted by atomic mass is 35.5. The smallest absolute Gasteiger partial charge is 0.138 e. The highest BCUT2D eigenvalue weighted by Crippen LogP contribution is 2.32. The molecule has 2 aromatic carbocycles. The van der Waals surface area contributed by atoms with Crippen LogP contribution in [0.4, 0.5) is 0 Å². The summed E-state index contributed by atoms with van der Waals surface area (Å²) in [7, 11) is 0. The quantitative estimate of drug-likeness (QED) is 0.759. The average molecular weight is 345 g/mol. The van der Waals surface area contributed by atoms with Crippen LogP contribution in [0.2, 0.25) is 5.02 Å². The summed E-state index contributed by atoms with van der Waals surface area (Å²) in [5.41, 5.74) is 3.20. The van der Waals surface area contributed by atoms with Crippen molar-refractivity contribution in [3.8, 4) is 5.75 Å². The molecule has 1 N–H and O–H groups in total. The maximum atomic E-state index is 10.3. The Labute approximate surface area is 146 Å². The lowest BCUT2D eigenvalue weighted by molar-refractivity contribution is 0.0888. The van der Waals surface area contributed by atoms with E-state index in [0.29, 0.717) is 17.3 Å². The molecule has 0 spiro atoms. The Kier molecular flexibility index (Phi) is 4.78. The molecule has 0 fully saturated rings. The first-order valence-corrected chi connectivity index (χ1v) is 8.34. The molecule has 126 valence electrons. The molecular weight excluding hydrogens is 324 g/mol. The minimum atomic E-state index is -0.662. The maximum absolute atomic E-state index is 10.3. The van der Waals surface area contributed by atoms with Gasteiger partial charge in [-0.2, -0.15) is 5.10 Å². The van der Waals surface area contributed by atoms with Crippen LogP contribution in [0.15, 0.2) is 36.4 Å². The van der Waals surface area contributed by atoms with Crippen molar-refractivity contribution in [3.05, 3.63) is 58.4 Å². The molecule has 0 aliphatic rings. The molecule has 1 atom stereocenters. The van der Waals surface area contributed by atoms with Crippen molar-refractivity contribution in [3.63, 3.8) is 0 Å². The van der Waals surface area contributed by atoms with Crippen molar-refractivity contribution in [1.29, 1.82) is 0 Å². The van der Waals surface area contributed by atoms with Gasteiger partial charge in [-0.25, -0.2) is 0 Å². The molecule has 24 heavy (non-hydrogen) atoms. The molecule has 5 heteroatoms. The molecule has 0 amide bonds. The van der Waals surface area contributed by atoms with Gasteiger partial charge in [-0.1, -0.05) is 41.9 Å². The Morgan fingerprint density at radius 2 is 1.92 bits per heavy atom. The fraction of sp³-hybridized carbons (Fsp3) is 0.316. The molecule has 0 radical (unpaired) electrons. The molecule has 0 unspecified atom stereocenters. The molecule has 1 heterocycles. The normalized spacial score (nSPS) is 12.5. The minimum Gasteiger partial charge on any atom is -0.489 e. The SMILES string of the molecule is Cc1nn(C[C@H](O)COc2ccc3ccccc3c2Cl)c(C)c1C. The number of nitrogens with zero attached hydrogens (tertiary/aromatic N) is 2. The van der Waals surface area contributed by atoms with Crippen molar-refractivity contribution in [2.24, 2.45) is 0 Å². The van der Waals surface area contributed by atoms with Gasteiger partial charge in [0.2, 0.25) is 0 Å². The van der Waals surface area contributed by atoms with Crippen molar-refractivity contribution >= 4 is 22.4 Å². The van der Waals surface area contributed by atoms with E-state index < -0.39 is 6.10 Å². The van der Waals surface area contributed by atoms with Crippen molar-refractivity contribution in [2.75, 3.05) is 6.61 Å². The van der Waals surface area contributed by atoms with Gasteiger partial charge in [0.05, 0.1) is 17.3 Å². The second kappa shape index (κ2) is 6.83. The van der Waals surface area contributed by atoms with Gasteiger partial charge in [-0.3, -0.25) is 4.68 Å². The summed E-state index contributed by atoms with van der Waals surface area (Å²) in [5.74, 6) is 0.582. The van der Waals surface area contributed by atoms with Crippen LogP contribution in [0.5, 0.6) is 5.75 Å². The number of aliphatic hydroxyl groups is 1. The predicted molar refractivity (Wildman–Crippen MR) is 96.9 cm³/mol. The van der Waals surface area contributed by atoms with Crippen LogP contribution in [-0.2, 0) is 6.54 Å². The number of ether oxygens (including phenoxy) is 1. The number of benzene rings is 2. The molecule has 4 nitrogen and oxygen atoms in total. The fourth-order valence-corrected chi connectivity index (χ4v) is 3.02. The molecule has 0 aliphatic heterocycles. The second-order valence-electron chi connectivity index (χ2n) is 6.04. The summed E-state index contributed by atoms with van der Waals surface area (Å²) in [6.45, 7) is 6.56. The molecule has 0 aliphatic carbocycles. The van der Waals surface area contributed by atoms with E-state index in [1.807, 2.05) is 61.9 Å². The van der Waals surface area contributed by atoms with Crippen LogP contribution in [0.3, 0.4) is 0 Å². The maximum Gasteiger partial charge on any atom is 0.138 e. The highest BCUT2D eigenvalue weighted by molar-refractivity contribution is 6.37. The molecule has 1 aromatic heterocycles. The second-order valence-corrected chi connectivity index (χ2v) is 6.42. The Bertz CT molecular complexity index is 873. The monoisotopic (exact) mass is 344 g/mol. The van der Waals surface area contributed by atoms with E-state index in [4.69, 9.17) is 16.3 Å². The van der Waals surface area contributed by atoms with Crippen LogP contribution < -0.4 is 4.74 Å². The van der Waals surface area contributed by atoms with Gasteiger partial charge in [-0.15, -0.1) is 0 Å². The summed E-state index contributed by atoms with van der Waals surface area (Å²) in [6.07, 6.45) is -0.662. The Morgan fingerprint density at radius 3 is 2.62 bits per heavy atom. The third-order valence-corrected chi connectivity index (χ3v) is 4.78. The summed E-state index contributed by atoms with van der Waals surface area (Å²) in [4.78, 5) is 0. The molecule has 3 aromatic rings. The van der Waals surface area contributed by atoms with E-state index in [9.17, 15) is 5.11 Å². The Morgan fingerprint density at radius 1 is 1.17 bits per heavy atom. The topological polar surface area (TPSA) is 47.3 Å². The zero-order valence-corrected chi connectivity index (χ0v) is 14.8. The number of aliphatic hydroxyl groups excluding tert-OH is 1. The zero-order valence-electron chi connectivity index (χ0n) is 14.1. The standard InChI is InChI=1S/C19H21ClN2O2/c1-12-13(2)21-22(14(12)3)10-16(23)11-24-18-9-8-15-6-4-5-7-17(15)19(18)20/h4-9,16,23H,10-11H2,1-3H3/t16-/m0/s1. The summed E-state index contributed by atoms with van der Waals surface area (Å²) in [5, 5.41) is 17.3. The van der Waals surface area contributed by atoms with Crippen molar-refractivity contribution < 1.29 is 9.84 Å². The molecule has 0 saturated carbocycles. The number of rotatable bonds is 5. The summed E-state index contributed by atoms with van der Waals surface area (Å²) < 4.78 is 7.55. The van der Waals surface area contributed by atoms with Crippen LogP contribution >= 0.6 is 11.6 Å². The summed E-state index contributed by atoms with van der Waals surface area (Å²) in [6, 6.07) is 11.7. The lowest BCUT2D eigenvalue weighted by Gasteiger charge is -2.15. The zero-order chi connectivity index (χ0) is 17.3. The van der Waals surface area contributed by atoms with E-state index in [-0.39, 0.29) is 6.61 Å². The Balaban J connectivity index is 1.69. The largest absolute Gasteiger partial charge is 0.489 e. The number of fused-ring (bicyclic) bond motifs is 1. The lowest BCUT2D eigenvalue weighted by Crippen LogP contribution is -2.25. The van der Waals surface area contributed by atoms with Crippen molar-refractivity contribution in [1.82, 2.24) is 9.78 Å². The van der Waals surface area contributed by atoms with Gasteiger partial charge in [-0.05, 0) is 37.8 Å². The third kappa shape index (κ3) is 3.25. The average Bonchev–Trinajstić information content (AvgIpc) is 2.81. The van der Waals surface area contributed by atoms with Crippen LogP contribution in [0, 0.1) is 20.8 Å². The van der Waals surface area contributed by atoms with Gasteiger partial charge >= 0.3 is 0 Å². The van der Waals surface area contributed by atoms with Gasteiger partial charge < -0.3 is 9.84 Å². The number of aryl methyl sites for hydroxylation is 1. The van der Waals surface area contributed by atoms with Crippen LogP contribution in [0.25, 0.3) is 10.8 Å². The third-order valence-electron chi connectivity index (χ3n) is 4.39. The number of halogens is 1. The van der Waals surface area contributed by atoms with Crippen LogP contribution in [-0.4, -0.2) is 27.6 Å². The fourth-order valence-electron chi connectivity index (χ4n) is 2.73. The molecular formula is C19H21ClN2O2. The number of hydrogen-bond donors (Lipinski definition) is 1. The number of aromatic nitrogens is 2. The lowest BCUT2D eigenvalue weighted by atomic mass is 10.1. The minimum absolute atomic E-state index is 0.162. The first kappa shape index (κ1) is 16.8. The van der Waals surface area contributed by atoms with Gasteiger partial charge in [0.25, 0.3) is 0 Å².